The summed E-state index contributed by atoms with van der Waals surface area (Å²) in [5.41, 5.74) is 8.79. The molecule has 0 unspecified atom stereocenters. The van der Waals surface area contributed by atoms with Crippen LogP contribution < -0.4 is 5.73 Å². The lowest BCUT2D eigenvalue weighted by Crippen LogP contribution is -2.24. The molecule has 0 radical (unpaired) electrons. The molecule has 0 aliphatic carbocycles. The maximum atomic E-state index is 7.61. The second-order valence-electron chi connectivity index (χ2n) is 3.94. The molecule has 0 bridgehead atoms. The third-order valence-corrected chi connectivity index (χ3v) is 4.10. The van der Waals surface area contributed by atoms with E-state index in [-0.39, 0.29) is 0 Å². The minimum absolute atomic E-state index is 0.758. The lowest BCUT2D eigenvalue weighted by molar-refractivity contribution is 0.396. The van der Waals surface area contributed by atoms with Crippen molar-refractivity contribution in [3.05, 3.63) is 26.9 Å². The summed E-state index contributed by atoms with van der Waals surface area (Å²) in [5, 5.41) is 2.57. The monoisotopic (exact) mass is 210 g/mol. The van der Waals surface area contributed by atoms with Crippen LogP contribution in [0, 0.1) is 0 Å². The number of nitrogens with two attached hydrogens (primary N) is 1. The molecular weight excluding hydrogens is 194 g/mol. The predicted octanol–water partition coefficient (Wildman–Crippen LogP) is 2.63. The van der Waals surface area contributed by atoms with Gasteiger partial charge >= 0.3 is 0 Å². The van der Waals surface area contributed by atoms with E-state index in [1.807, 2.05) is 0 Å². The molecule has 2 heterocycles. The molecule has 78 valence electrons. The summed E-state index contributed by atoms with van der Waals surface area (Å²) < 4.78 is 0. The molecule has 0 aromatic rings. The summed E-state index contributed by atoms with van der Waals surface area (Å²) >= 11 is 1.68. The van der Waals surface area contributed by atoms with E-state index >= 15 is 0 Å². The van der Waals surface area contributed by atoms with Crippen molar-refractivity contribution in [1.82, 2.24) is 5.01 Å². The Morgan fingerprint density at radius 2 is 2.14 bits per heavy atom. The van der Waals surface area contributed by atoms with E-state index in [0.29, 0.717) is 0 Å². The van der Waals surface area contributed by atoms with E-state index in [2.05, 4.69) is 6.92 Å². The maximum Gasteiger partial charge on any atom is 0.0690 e. The van der Waals surface area contributed by atoms with E-state index < -0.39 is 0 Å². The van der Waals surface area contributed by atoms with Crippen LogP contribution in [0.4, 0.5) is 0 Å². The average Bonchev–Trinajstić information content (AvgIpc) is 2.27. The van der Waals surface area contributed by atoms with E-state index in [1.165, 1.54) is 16.1 Å². The van der Waals surface area contributed by atoms with Gasteiger partial charge in [0.1, 0.15) is 0 Å². The van der Waals surface area contributed by atoms with Gasteiger partial charge in [-0.2, -0.15) is 0 Å². The fourth-order valence-corrected chi connectivity index (χ4v) is 2.93. The molecule has 0 atom stereocenters. The van der Waals surface area contributed by atoms with Gasteiger partial charge in [-0.15, -0.1) is 0 Å². The molecule has 0 amide bonds. The Labute approximate surface area is 89.2 Å². The minimum Gasteiger partial charge on any atom is -0.609 e. The zero-order valence-electron chi connectivity index (χ0n) is 8.47. The number of rotatable bonds is 0. The molecule has 2 rings (SSSR count). The number of hydrogen-bond donors (Lipinski definition) is 1. The molecule has 0 spiro atoms. The summed E-state index contributed by atoms with van der Waals surface area (Å²) in [7, 11) is 0. The Bertz CT molecular complexity index is 306. The van der Waals surface area contributed by atoms with Crippen molar-refractivity contribution in [1.29, 1.82) is 0 Å². The van der Waals surface area contributed by atoms with Crippen LogP contribution in [0.25, 0.3) is 5.84 Å². The van der Waals surface area contributed by atoms with Gasteiger partial charge in [0.25, 0.3) is 0 Å². The topological polar surface area (TPSA) is 53.1 Å². The third kappa shape index (κ3) is 1.97. The lowest BCUT2D eigenvalue weighted by Gasteiger charge is -2.33. The van der Waals surface area contributed by atoms with Gasteiger partial charge in [-0.1, -0.05) is 17.3 Å². The summed E-state index contributed by atoms with van der Waals surface area (Å²) in [6.07, 6.45) is 3.28. The Balaban J connectivity index is 2.20. The van der Waals surface area contributed by atoms with Crippen LogP contribution >= 0.6 is 11.8 Å². The lowest BCUT2D eigenvalue weighted by atomic mass is 10.0. The smallest absolute Gasteiger partial charge is 0.0690 e. The van der Waals surface area contributed by atoms with E-state index in [1.54, 1.807) is 16.8 Å². The summed E-state index contributed by atoms with van der Waals surface area (Å²) in [6.45, 7) is 3.74. The Kier molecular flexibility index (Phi) is 2.85. The van der Waals surface area contributed by atoms with Gasteiger partial charge in [0.05, 0.1) is 5.03 Å². The molecule has 0 aromatic carbocycles. The van der Waals surface area contributed by atoms with Gasteiger partial charge in [-0.25, -0.2) is 0 Å². The van der Waals surface area contributed by atoms with Crippen molar-refractivity contribution in [2.75, 3.05) is 13.1 Å². The summed E-state index contributed by atoms with van der Waals surface area (Å²) in [6, 6.07) is 0. The molecule has 14 heavy (non-hydrogen) atoms. The largest absolute Gasteiger partial charge is 0.609 e. The summed E-state index contributed by atoms with van der Waals surface area (Å²) in [4.78, 5) is 1.32. The highest BCUT2D eigenvalue weighted by Crippen LogP contribution is 2.37. The molecule has 0 fully saturated rings. The molecule has 4 heteroatoms. The fourth-order valence-electron chi connectivity index (χ4n) is 1.82. The molecule has 3 N–H and O–H groups in total. The minimum atomic E-state index is 0.758. The van der Waals surface area contributed by atoms with E-state index in [4.69, 9.17) is 11.6 Å². The number of thioether (sulfide) groups is 1. The van der Waals surface area contributed by atoms with Crippen LogP contribution in [0.5, 0.6) is 0 Å². The van der Waals surface area contributed by atoms with Crippen LogP contribution in [-0.4, -0.2) is 18.1 Å². The van der Waals surface area contributed by atoms with Crippen molar-refractivity contribution in [3.8, 4) is 0 Å². The predicted molar refractivity (Wildman–Crippen MR) is 61.3 cm³/mol. The first-order valence-electron chi connectivity index (χ1n) is 4.97. The summed E-state index contributed by atoms with van der Waals surface area (Å²) in [5.74, 6) is 7.61. The second kappa shape index (κ2) is 3.96. The van der Waals surface area contributed by atoms with E-state index in [0.717, 1.165) is 37.4 Å². The Morgan fingerprint density at radius 3 is 2.93 bits per heavy atom. The highest BCUT2D eigenvalue weighted by molar-refractivity contribution is 8.06. The van der Waals surface area contributed by atoms with Gasteiger partial charge in [0.15, 0.2) is 0 Å². The first-order chi connectivity index (χ1) is 6.66. The van der Waals surface area contributed by atoms with Gasteiger partial charge in [-0.3, -0.25) is 0 Å². The molecule has 0 saturated carbocycles. The van der Waals surface area contributed by atoms with Crippen molar-refractivity contribution in [2.45, 2.75) is 26.2 Å². The first kappa shape index (κ1) is 10.1. The standard InChI is InChI=1S/C10H16N3S/c1-7-2-3-8-4-5-13(12)6-9(8)14-10(7)11/h12H,2-6,11H2,1H3/q-1. The van der Waals surface area contributed by atoms with Gasteiger partial charge < -0.3 is 16.6 Å². The van der Waals surface area contributed by atoms with Crippen LogP contribution in [0.15, 0.2) is 21.1 Å². The Hall–Kier alpha value is -0.450. The van der Waals surface area contributed by atoms with Crippen LogP contribution in [-0.2, 0) is 0 Å². The Morgan fingerprint density at radius 1 is 1.36 bits per heavy atom. The van der Waals surface area contributed by atoms with Crippen molar-refractivity contribution in [2.24, 2.45) is 5.73 Å². The maximum absolute atomic E-state index is 7.61. The highest BCUT2D eigenvalue weighted by Gasteiger charge is 2.18. The molecule has 0 saturated heterocycles. The van der Waals surface area contributed by atoms with Crippen molar-refractivity contribution in [3.63, 3.8) is 0 Å². The number of hydrogen-bond acceptors (Lipinski definition) is 3. The zero-order chi connectivity index (χ0) is 10.1. The normalized spacial score (nSPS) is 25.0. The second-order valence-corrected chi connectivity index (χ2v) is 5.08. The SMILES string of the molecule is CC1=C(N)SC2=C(CC1)CCN([NH-])C2. The van der Waals surface area contributed by atoms with Gasteiger partial charge in [0, 0.05) is 11.4 Å². The quantitative estimate of drug-likeness (QED) is 0.668. The van der Waals surface area contributed by atoms with Gasteiger partial charge in [-0.05, 0) is 38.3 Å². The number of nitrogens with zero attached hydrogens (tertiary/aromatic N) is 1. The van der Waals surface area contributed by atoms with Crippen molar-refractivity contribution < 1.29 is 0 Å². The number of nitrogens with one attached hydrogen (secondary N) is 1. The third-order valence-electron chi connectivity index (χ3n) is 2.87. The molecule has 2 aliphatic rings. The fraction of sp³-hybridized carbons (Fsp3) is 0.600. The van der Waals surface area contributed by atoms with E-state index in [9.17, 15) is 0 Å². The zero-order valence-corrected chi connectivity index (χ0v) is 9.28. The molecular formula is C10H16N3S-. The molecule has 3 nitrogen and oxygen atoms in total. The first-order valence-corrected chi connectivity index (χ1v) is 5.78. The highest BCUT2D eigenvalue weighted by atomic mass is 32.2. The van der Waals surface area contributed by atoms with Crippen LogP contribution in [0.1, 0.15) is 26.2 Å². The number of allylic oxidation sites excluding steroid dienone is 1. The van der Waals surface area contributed by atoms with Gasteiger partial charge in [0.2, 0.25) is 0 Å². The van der Waals surface area contributed by atoms with Crippen LogP contribution in [0.3, 0.4) is 0 Å². The van der Waals surface area contributed by atoms with Crippen molar-refractivity contribution >= 4 is 11.8 Å². The average molecular weight is 210 g/mol. The molecule has 2 aliphatic heterocycles. The van der Waals surface area contributed by atoms with Crippen LogP contribution in [0.2, 0.25) is 0 Å². The molecule has 0 aromatic heterocycles.